The van der Waals surface area contributed by atoms with E-state index in [4.69, 9.17) is 0 Å². The molecule has 88 valence electrons. The topological polar surface area (TPSA) is 37.8 Å². The van der Waals surface area contributed by atoms with Gasteiger partial charge in [0.1, 0.15) is 12.1 Å². The van der Waals surface area contributed by atoms with Gasteiger partial charge in [-0.1, -0.05) is 19.1 Å². The van der Waals surface area contributed by atoms with Crippen LogP contribution in [0, 0.1) is 13.8 Å². The largest absolute Gasteiger partial charge is 0.340 e. The molecule has 0 radical (unpaired) electrons. The fourth-order valence-corrected chi connectivity index (χ4v) is 1.62. The highest BCUT2D eigenvalue weighted by molar-refractivity contribution is 5.59. The lowest BCUT2D eigenvalue weighted by molar-refractivity contribution is 1.06. The number of hydrogen-bond donors (Lipinski definition) is 1. The number of nitrogens with zero attached hydrogens (tertiary/aromatic N) is 2. The first kappa shape index (κ1) is 11.6. The van der Waals surface area contributed by atoms with E-state index in [9.17, 15) is 0 Å². The summed E-state index contributed by atoms with van der Waals surface area (Å²) in [7, 11) is 0. The molecule has 0 aliphatic heterocycles. The summed E-state index contributed by atoms with van der Waals surface area (Å²) in [6.07, 6.45) is 2.65. The van der Waals surface area contributed by atoms with Gasteiger partial charge in [0.15, 0.2) is 0 Å². The van der Waals surface area contributed by atoms with E-state index in [1.165, 1.54) is 5.56 Å². The summed E-state index contributed by atoms with van der Waals surface area (Å²) in [4.78, 5) is 8.41. The van der Waals surface area contributed by atoms with Gasteiger partial charge in [-0.2, -0.15) is 0 Å². The zero-order chi connectivity index (χ0) is 12.3. The highest BCUT2D eigenvalue weighted by Crippen LogP contribution is 2.19. The van der Waals surface area contributed by atoms with Crippen molar-refractivity contribution in [3.8, 4) is 0 Å². The number of benzene rings is 1. The number of nitrogens with one attached hydrogen (secondary N) is 1. The van der Waals surface area contributed by atoms with Gasteiger partial charge in [0, 0.05) is 16.9 Å². The van der Waals surface area contributed by atoms with Crippen molar-refractivity contribution in [3.63, 3.8) is 0 Å². The Morgan fingerprint density at radius 2 is 1.76 bits per heavy atom. The highest BCUT2D eigenvalue weighted by Gasteiger charge is 2.03. The third-order valence-corrected chi connectivity index (χ3v) is 2.96. The molecule has 0 aliphatic rings. The first-order chi connectivity index (χ1) is 8.20. The zero-order valence-electron chi connectivity index (χ0n) is 10.5. The SMILES string of the molecule is CCc1ccc(Nc2ncnc(C)c2C)cc1. The van der Waals surface area contributed by atoms with Crippen LogP contribution in [0.2, 0.25) is 0 Å². The molecule has 17 heavy (non-hydrogen) atoms. The molecule has 1 N–H and O–H groups in total. The third-order valence-electron chi connectivity index (χ3n) is 2.96. The van der Waals surface area contributed by atoms with Gasteiger partial charge in [-0.05, 0) is 38.0 Å². The first-order valence-electron chi connectivity index (χ1n) is 5.85. The Morgan fingerprint density at radius 1 is 1.06 bits per heavy atom. The fraction of sp³-hybridized carbons (Fsp3) is 0.286. The van der Waals surface area contributed by atoms with Crippen LogP contribution in [0.25, 0.3) is 0 Å². The zero-order valence-corrected chi connectivity index (χ0v) is 10.5. The summed E-state index contributed by atoms with van der Waals surface area (Å²) in [5.74, 6) is 0.877. The first-order valence-corrected chi connectivity index (χ1v) is 5.85. The van der Waals surface area contributed by atoms with E-state index < -0.39 is 0 Å². The molecule has 1 heterocycles. The van der Waals surface area contributed by atoms with E-state index in [1.54, 1.807) is 6.33 Å². The van der Waals surface area contributed by atoms with Gasteiger partial charge in [-0.15, -0.1) is 0 Å². The van der Waals surface area contributed by atoms with Crippen LogP contribution in [0.1, 0.15) is 23.7 Å². The summed E-state index contributed by atoms with van der Waals surface area (Å²) in [6.45, 7) is 6.17. The Balaban J connectivity index is 2.22. The van der Waals surface area contributed by atoms with E-state index in [2.05, 4.69) is 46.5 Å². The van der Waals surface area contributed by atoms with Gasteiger partial charge < -0.3 is 5.32 Å². The number of hydrogen-bond acceptors (Lipinski definition) is 3. The maximum absolute atomic E-state index is 4.25. The molecule has 3 nitrogen and oxygen atoms in total. The molecule has 1 aromatic heterocycles. The maximum Gasteiger partial charge on any atom is 0.136 e. The number of anilines is 2. The third kappa shape index (κ3) is 2.61. The molecule has 0 saturated heterocycles. The van der Waals surface area contributed by atoms with Crippen LogP contribution >= 0.6 is 0 Å². The lowest BCUT2D eigenvalue weighted by Crippen LogP contribution is -1.99. The molecule has 0 atom stereocenters. The van der Waals surface area contributed by atoms with Crippen molar-refractivity contribution < 1.29 is 0 Å². The van der Waals surface area contributed by atoms with E-state index in [0.29, 0.717) is 0 Å². The second-order valence-electron chi connectivity index (χ2n) is 4.11. The predicted molar refractivity (Wildman–Crippen MR) is 70.6 cm³/mol. The highest BCUT2D eigenvalue weighted by atomic mass is 15.0. The van der Waals surface area contributed by atoms with Crippen LogP contribution in [-0.4, -0.2) is 9.97 Å². The van der Waals surface area contributed by atoms with Gasteiger partial charge >= 0.3 is 0 Å². The Morgan fingerprint density at radius 3 is 2.41 bits per heavy atom. The average molecular weight is 227 g/mol. The van der Waals surface area contributed by atoms with Crippen molar-refractivity contribution in [2.24, 2.45) is 0 Å². The monoisotopic (exact) mass is 227 g/mol. The number of rotatable bonds is 3. The minimum Gasteiger partial charge on any atom is -0.340 e. The second-order valence-corrected chi connectivity index (χ2v) is 4.11. The van der Waals surface area contributed by atoms with E-state index in [0.717, 1.165) is 29.2 Å². The standard InChI is InChI=1S/C14H17N3/c1-4-12-5-7-13(8-6-12)17-14-10(2)11(3)15-9-16-14/h5-9H,4H2,1-3H3,(H,15,16,17). The molecule has 2 aromatic rings. The van der Waals surface area contributed by atoms with Crippen molar-refractivity contribution in [3.05, 3.63) is 47.4 Å². The molecule has 0 fully saturated rings. The lowest BCUT2D eigenvalue weighted by atomic mass is 10.1. The summed E-state index contributed by atoms with van der Waals surface area (Å²) in [5, 5.41) is 3.31. The van der Waals surface area contributed by atoms with Crippen LogP contribution in [0.3, 0.4) is 0 Å². The van der Waals surface area contributed by atoms with Gasteiger partial charge in [-0.25, -0.2) is 9.97 Å². The minimum absolute atomic E-state index is 0.877. The van der Waals surface area contributed by atoms with Gasteiger partial charge in [0.05, 0.1) is 0 Å². The van der Waals surface area contributed by atoms with Crippen LogP contribution in [0.4, 0.5) is 11.5 Å². The van der Waals surface area contributed by atoms with Crippen molar-refractivity contribution in [1.29, 1.82) is 0 Å². The van der Waals surface area contributed by atoms with E-state index in [-0.39, 0.29) is 0 Å². The van der Waals surface area contributed by atoms with Crippen LogP contribution in [-0.2, 0) is 6.42 Å². The van der Waals surface area contributed by atoms with Crippen molar-refractivity contribution in [2.45, 2.75) is 27.2 Å². The Kier molecular flexibility index (Phi) is 3.38. The second kappa shape index (κ2) is 4.95. The molecule has 0 saturated carbocycles. The van der Waals surface area contributed by atoms with Crippen molar-refractivity contribution in [2.75, 3.05) is 5.32 Å². The summed E-state index contributed by atoms with van der Waals surface area (Å²) >= 11 is 0. The molecule has 0 spiro atoms. The van der Waals surface area contributed by atoms with Gasteiger partial charge in [-0.3, -0.25) is 0 Å². The molecule has 0 amide bonds. The van der Waals surface area contributed by atoms with Crippen LogP contribution in [0.15, 0.2) is 30.6 Å². The minimum atomic E-state index is 0.877. The van der Waals surface area contributed by atoms with Crippen molar-refractivity contribution >= 4 is 11.5 Å². The van der Waals surface area contributed by atoms with Crippen molar-refractivity contribution in [1.82, 2.24) is 9.97 Å². The molecular formula is C14H17N3. The number of aromatic nitrogens is 2. The summed E-state index contributed by atoms with van der Waals surface area (Å²) in [5.41, 5.74) is 4.49. The molecule has 0 unspecified atom stereocenters. The van der Waals surface area contributed by atoms with Crippen LogP contribution < -0.4 is 5.32 Å². The van der Waals surface area contributed by atoms with E-state index in [1.807, 2.05) is 13.8 Å². The molecular weight excluding hydrogens is 210 g/mol. The number of aryl methyl sites for hydroxylation is 2. The molecule has 0 aliphatic carbocycles. The van der Waals surface area contributed by atoms with Gasteiger partial charge in [0.2, 0.25) is 0 Å². The smallest absolute Gasteiger partial charge is 0.136 e. The molecule has 1 aromatic carbocycles. The molecule has 2 rings (SSSR count). The molecule has 0 bridgehead atoms. The normalized spacial score (nSPS) is 10.3. The predicted octanol–water partition coefficient (Wildman–Crippen LogP) is 3.40. The maximum atomic E-state index is 4.25. The van der Waals surface area contributed by atoms with Gasteiger partial charge in [0.25, 0.3) is 0 Å². The fourth-order valence-electron chi connectivity index (χ4n) is 1.62. The molecule has 3 heteroatoms. The average Bonchev–Trinajstić information content (AvgIpc) is 2.36. The Hall–Kier alpha value is -1.90. The summed E-state index contributed by atoms with van der Waals surface area (Å²) < 4.78 is 0. The van der Waals surface area contributed by atoms with Crippen LogP contribution in [0.5, 0.6) is 0 Å². The Labute approximate surface area is 102 Å². The van der Waals surface area contributed by atoms with E-state index >= 15 is 0 Å². The quantitative estimate of drug-likeness (QED) is 0.873. The Bertz CT molecular complexity index is 503. The lowest BCUT2D eigenvalue weighted by Gasteiger charge is -2.09. The summed E-state index contributed by atoms with van der Waals surface area (Å²) in [6, 6.07) is 8.42.